The summed E-state index contributed by atoms with van der Waals surface area (Å²) in [5.41, 5.74) is 9.81. The van der Waals surface area contributed by atoms with E-state index >= 15 is 0 Å². The van der Waals surface area contributed by atoms with Gasteiger partial charge in [-0.05, 0) is 6.42 Å². The van der Waals surface area contributed by atoms with Gasteiger partial charge in [-0.1, -0.05) is 0 Å². The molecule has 1 amide bonds. The first-order valence-corrected chi connectivity index (χ1v) is 2.80. The van der Waals surface area contributed by atoms with E-state index < -0.39 is 17.9 Å². The van der Waals surface area contributed by atoms with Crippen LogP contribution < -0.4 is 62.9 Å². The minimum atomic E-state index is -1.11. The molecule has 0 aromatic rings. The van der Waals surface area contributed by atoms with Crippen molar-refractivity contribution in [2.75, 3.05) is 0 Å². The molecule has 0 bridgehead atoms. The van der Waals surface area contributed by atoms with Crippen molar-refractivity contribution < 1.29 is 67.5 Å². The zero-order chi connectivity index (χ0) is 8.15. The molecular weight excluding hydrogens is 175 g/mol. The van der Waals surface area contributed by atoms with Gasteiger partial charge in [0.05, 0.1) is 0 Å². The van der Waals surface area contributed by atoms with Crippen LogP contribution in [0.1, 0.15) is 14.3 Å². The Kier molecular flexibility index (Phi) is 9.22. The van der Waals surface area contributed by atoms with Crippen LogP contribution in [0.5, 0.6) is 0 Å². The summed E-state index contributed by atoms with van der Waals surface area (Å²) in [6, 6.07) is -0.979. The Balaban J connectivity index is -0.000000405. The van der Waals surface area contributed by atoms with E-state index in [1.54, 1.807) is 0 Å². The van der Waals surface area contributed by atoms with Crippen molar-refractivity contribution in [2.45, 2.75) is 18.9 Å². The zero-order valence-electron chi connectivity index (χ0n) is 7.41. The van der Waals surface area contributed by atoms with Crippen molar-refractivity contribution in [1.29, 1.82) is 0 Å². The molecule has 0 spiro atoms. The van der Waals surface area contributed by atoms with Crippen LogP contribution in [0.25, 0.3) is 0 Å². The number of carboxylic acid groups (broad SMARTS) is 1. The van der Waals surface area contributed by atoms with Crippen molar-refractivity contribution in [1.82, 2.24) is 0 Å². The normalized spacial score (nSPS) is 11.4. The van der Waals surface area contributed by atoms with Gasteiger partial charge < -0.3 is 18.0 Å². The van der Waals surface area contributed by atoms with Crippen molar-refractivity contribution >= 4 is 11.9 Å². The quantitative estimate of drug-likeness (QED) is 0.387. The van der Waals surface area contributed by atoms with Gasteiger partial charge >= 0.3 is 57.4 Å². The number of carbonyl (C=O) groups is 2. The van der Waals surface area contributed by atoms with Gasteiger partial charge in [0.2, 0.25) is 5.91 Å². The van der Waals surface area contributed by atoms with Crippen LogP contribution in [0, 0.1) is 0 Å². The number of hydrogen-bond acceptors (Lipinski definition) is 3. The maximum absolute atomic E-state index is 10.1. The molecule has 0 aliphatic carbocycles. The predicted molar refractivity (Wildman–Crippen MR) is 35.2 cm³/mol. The molecule has 0 fully saturated rings. The molecule has 0 saturated heterocycles. The Hall–Kier alpha value is 0.536. The fourth-order valence-corrected chi connectivity index (χ4v) is 0.421. The van der Waals surface area contributed by atoms with E-state index in [-0.39, 0.29) is 65.7 Å². The molecule has 0 heterocycles. The van der Waals surface area contributed by atoms with Gasteiger partial charge in [0.15, 0.2) is 0 Å². The first kappa shape index (κ1) is 14.1. The van der Waals surface area contributed by atoms with Crippen LogP contribution in [0.2, 0.25) is 0 Å². The predicted octanol–water partition coefficient (Wildman–Crippen LogP) is -4.22. The van der Waals surface area contributed by atoms with Crippen molar-refractivity contribution in [3.05, 3.63) is 0 Å². The molecule has 0 aromatic carbocycles. The second-order valence-electron chi connectivity index (χ2n) is 1.95. The zero-order valence-corrected chi connectivity index (χ0v) is 9.53. The molecule has 0 rings (SSSR count). The molecule has 6 heteroatoms. The topological polar surface area (TPSA) is 106 Å². The summed E-state index contributed by atoms with van der Waals surface area (Å²) in [7, 11) is 0. The minimum Gasteiger partial charge on any atom is -1.00 e. The average molecular weight is 186 g/mol. The van der Waals surface area contributed by atoms with E-state index in [9.17, 15) is 9.59 Å². The third kappa shape index (κ3) is 8.44. The van der Waals surface area contributed by atoms with Crippen LogP contribution >= 0.6 is 0 Å². The fourth-order valence-electron chi connectivity index (χ4n) is 0.421. The van der Waals surface area contributed by atoms with Gasteiger partial charge in [-0.3, -0.25) is 9.59 Å². The molecule has 5 nitrogen and oxygen atoms in total. The summed E-state index contributed by atoms with van der Waals surface area (Å²) in [4.78, 5) is 20.1. The van der Waals surface area contributed by atoms with E-state index in [0.717, 1.165) is 0 Å². The van der Waals surface area contributed by atoms with Crippen LogP contribution in [0.3, 0.4) is 0 Å². The van der Waals surface area contributed by atoms with Crippen LogP contribution in [-0.2, 0) is 9.59 Å². The Bertz CT molecular complexity index is 156. The van der Waals surface area contributed by atoms with Gasteiger partial charge in [-0.15, -0.1) is 0 Å². The molecule has 5 N–H and O–H groups in total. The van der Waals surface area contributed by atoms with E-state index in [1.165, 1.54) is 0 Å². The second-order valence-corrected chi connectivity index (χ2v) is 1.95. The summed E-state index contributed by atoms with van der Waals surface area (Å²) in [5.74, 6) is -1.64. The number of rotatable bonds is 4. The summed E-state index contributed by atoms with van der Waals surface area (Å²) < 4.78 is 0. The summed E-state index contributed by atoms with van der Waals surface area (Å²) in [6.45, 7) is 0. The van der Waals surface area contributed by atoms with E-state index in [0.29, 0.717) is 0 Å². The molecule has 11 heavy (non-hydrogen) atoms. The van der Waals surface area contributed by atoms with Crippen molar-refractivity contribution in [2.24, 2.45) is 11.5 Å². The fraction of sp³-hybridized carbons (Fsp3) is 0.600. The standard InChI is InChI=1S/C5H10N2O3.K.H/c6-3(5(9)10)1-2-4(7)8;;/h3H,1-2,6H2,(H2,7,8)(H,9,10);;/q;+1;-1. The molecule has 0 aromatic heterocycles. The van der Waals surface area contributed by atoms with Crippen molar-refractivity contribution in [3.63, 3.8) is 0 Å². The Labute approximate surface area is 108 Å². The Morgan fingerprint density at radius 3 is 2.27 bits per heavy atom. The smallest absolute Gasteiger partial charge is 1.00 e. The van der Waals surface area contributed by atoms with Gasteiger partial charge in [-0.25, -0.2) is 0 Å². The maximum atomic E-state index is 10.1. The first-order valence-electron chi connectivity index (χ1n) is 2.80. The molecule has 1 unspecified atom stereocenters. The third-order valence-corrected chi connectivity index (χ3v) is 1.02. The molecule has 0 saturated carbocycles. The maximum Gasteiger partial charge on any atom is 1.00 e. The first-order chi connectivity index (χ1) is 4.54. The number of hydrogen-bond donors (Lipinski definition) is 3. The molecular formula is C5H11KN2O3. The summed E-state index contributed by atoms with van der Waals surface area (Å²) in [5, 5.41) is 8.22. The molecule has 0 aliphatic rings. The second kappa shape index (κ2) is 7.20. The van der Waals surface area contributed by atoms with Crippen molar-refractivity contribution in [3.8, 4) is 0 Å². The number of amides is 1. The molecule has 1 atom stereocenters. The largest absolute Gasteiger partial charge is 1.00 e. The Morgan fingerprint density at radius 1 is 1.55 bits per heavy atom. The average Bonchev–Trinajstić information content (AvgIpc) is 1.82. The van der Waals surface area contributed by atoms with Gasteiger partial charge in [0, 0.05) is 6.42 Å². The summed E-state index contributed by atoms with van der Waals surface area (Å²) >= 11 is 0. The van der Waals surface area contributed by atoms with Gasteiger partial charge in [-0.2, -0.15) is 0 Å². The SMILES string of the molecule is NC(=O)CCC(N)C(=O)O.[H-].[K+]. The van der Waals surface area contributed by atoms with Crippen LogP contribution in [-0.4, -0.2) is 23.0 Å². The molecule has 0 aliphatic heterocycles. The molecule has 0 radical (unpaired) electrons. The minimum absolute atomic E-state index is 0. The number of carbonyl (C=O) groups excluding carboxylic acids is 1. The van der Waals surface area contributed by atoms with Gasteiger partial charge in [0.25, 0.3) is 0 Å². The van der Waals surface area contributed by atoms with E-state index in [1.807, 2.05) is 0 Å². The van der Waals surface area contributed by atoms with E-state index in [2.05, 4.69) is 0 Å². The number of nitrogens with two attached hydrogens (primary N) is 2. The van der Waals surface area contributed by atoms with Gasteiger partial charge in [0.1, 0.15) is 6.04 Å². The van der Waals surface area contributed by atoms with Crippen LogP contribution in [0.15, 0.2) is 0 Å². The number of aliphatic carboxylic acids is 1. The Morgan fingerprint density at radius 2 is 2.00 bits per heavy atom. The number of carboxylic acids is 1. The monoisotopic (exact) mass is 186 g/mol. The molecule has 60 valence electrons. The third-order valence-electron chi connectivity index (χ3n) is 1.02. The summed E-state index contributed by atoms with van der Waals surface area (Å²) in [6.07, 6.45) is 0.123. The number of primary amides is 1. The van der Waals surface area contributed by atoms with E-state index in [4.69, 9.17) is 16.6 Å². The van der Waals surface area contributed by atoms with Crippen LogP contribution in [0.4, 0.5) is 0 Å².